The van der Waals surface area contributed by atoms with E-state index in [0.717, 1.165) is 25.5 Å². The Morgan fingerprint density at radius 1 is 1.19 bits per heavy atom. The molecule has 4 aliphatic heterocycles. The number of pyridine rings is 2. The molecule has 10 nitrogen and oxygen atoms in total. The Kier molecular flexibility index (Phi) is 6.54. The van der Waals surface area contributed by atoms with Gasteiger partial charge in [0, 0.05) is 32.6 Å². The summed E-state index contributed by atoms with van der Waals surface area (Å²) < 4.78 is 86.0. The fraction of sp³-hybridized carbons (Fsp3) is 0.571. The molecular formula is C28H31F5N8O2. The maximum Gasteiger partial charge on any atom is 0.418 e. The number of nitrogen functional groups attached to an aromatic ring is 1. The van der Waals surface area contributed by atoms with Gasteiger partial charge in [-0.05, 0) is 44.9 Å². The molecule has 7 heterocycles. The first-order chi connectivity index (χ1) is 20.4. The van der Waals surface area contributed by atoms with E-state index in [-0.39, 0.29) is 46.8 Å². The lowest BCUT2D eigenvalue weighted by atomic mass is 9.95. The molecule has 0 amide bonds. The molecule has 0 spiro atoms. The molecule has 0 radical (unpaired) electrons. The first kappa shape index (κ1) is 28.2. The number of piperazine rings is 1. The van der Waals surface area contributed by atoms with Crippen molar-refractivity contribution in [2.75, 3.05) is 50.0 Å². The molecule has 43 heavy (non-hydrogen) atoms. The van der Waals surface area contributed by atoms with Crippen molar-refractivity contribution in [1.82, 2.24) is 30.2 Å². The van der Waals surface area contributed by atoms with Gasteiger partial charge in [0.25, 0.3) is 0 Å². The number of aromatic nitrogens is 4. The number of halogens is 5. The number of alkyl halides is 4. The van der Waals surface area contributed by atoms with Gasteiger partial charge in [0.15, 0.2) is 5.82 Å². The van der Waals surface area contributed by atoms with Crippen molar-refractivity contribution < 1.29 is 31.4 Å². The summed E-state index contributed by atoms with van der Waals surface area (Å²) in [5.41, 5.74) is 2.17. The molecule has 2 unspecified atom stereocenters. The highest BCUT2D eigenvalue weighted by Crippen LogP contribution is 2.45. The number of hydrogen-bond donors (Lipinski definition) is 2. The maximum atomic E-state index is 16.5. The van der Waals surface area contributed by atoms with Crippen molar-refractivity contribution in [1.29, 1.82) is 0 Å². The Labute approximate surface area is 243 Å². The van der Waals surface area contributed by atoms with Gasteiger partial charge in [0.1, 0.15) is 52.8 Å². The fourth-order valence-electron chi connectivity index (χ4n) is 7.16. The van der Waals surface area contributed by atoms with Crippen LogP contribution in [0.1, 0.15) is 37.3 Å². The molecule has 3 saturated heterocycles. The fourth-order valence-corrected chi connectivity index (χ4v) is 7.16. The largest absolute Gasteiger partial charge is 0.472 e. The lowest BCUT2D eigenvalue weighted by Gasteiger charge is -2.38. The topological polar surface area (TPSA) is 115 Å². The summed E-state index contributed by atoms with van der Waals surface area (Å²) >= 11 is 0. The predicted molar refractivity (Wildman–Crippen MR) is 147 cm³/mol. The van der Waals surface area contributed by atoms with E-state index in [9.17, 15) is 17.6 Å². The van der Waals surface area contributed by atoms with E-state index >= 15 is 4.39 Å². The van der Waals surface area contributed by atoms with Gasteiger partial charge in [0.05, 0.1) is 17.1 Å². The predicted octanol–water partition coefficient (Wildman–Crippen LogP) is 3.65. The number of nitrogens with zero attached hydrogens (tertiary/aromatic N) is 6. The van der Waals surface area contributed by atoms with Crippen molar-refractivity contribution in [3.8, 4) is 23.3 Å². The third-order valence-electron chi connectivity index (χ3n) is 9.08. The maximum absolute atomic E-state index is 16.5. The third kappa shape index (κ3) is 4.58. The summed E-state index contributed by atoms with van der Waals surface area (Å²) in [6, 6.07) is 0.671. The third-order valence-corrected chi connectivity index (χ3v) is 9.08. The van der Waals surface area contributed by atoms with Crippen LogP contribution in [0.4, 0.5) is 33.6 Å². The van der Waals surface area contributed by atoms with Crippen LogP contribution in [0, 0.1) is 12.7 Å². The average Bonchev–Trinajstić information content (AvgIpc) is 3.43. The number of anilines is 2. The summed E-state index contributed by atoms with van der Waals surface area (Å²) in [4.78, 5) is 21.3. The molecule has 0 saturated carbocycles. The number of hydrogen-bond acceptors (Lipinski definition) is 10. The summed E-state index contributed by atoms with van der Waals surface area (Å²) in [6.45, 7) is 5.85. The van der Waals surface area contributed by atoms with Gasteiger partial charge in [-0.3, -0.25) is 4.90 Å². The van der Waals surface area contributed by atoms with Gasteiger partial charge in [-0.1, -0.05) is 0 Å². The second-order valence-corrected chi connectivity index (χ2v) is 11.9. The van der Waals surface area contributed by atoms with Gasteiger partial charge in [-0.25, -0.2) is 18.7 Å². The quantitative estimate of drug-likeness (QED) is 0.427. The molecule has 4 aliphatic rings. The van der Waals surface area contributed by atoms with Crippen molar-refractivity contribution in [3.05, 3.63) is 23.0 Å². The Morgan fingerprint density at radius 3 is 2.79 bits per heavy atom. The van der Waals surface area contributed by atoms with E-state index in [0.29, 0.717) is 38.4 Å². The van der Waals surface area contributed by atoms with Gasteiger partial charge >= 0.3 is 12.2 Å². The highest BCUT2D eigenvalue weighted by Gasteiger charge is 2.49. The second-order valence-electron chi connectivity index (χ2n) is 11.9. The van der Waals surface area contributed by atoms with Crippen molar-refractivity contribution in [3.63, 3.8) is 0 Å². The number of ether oxygens (including phenoxy) is 2. The average molecular weight is 607 g/mol. The Hall–Kier alpha value is -3.59. The van der Waals surface area contributed by atoms with Crippen LogP contribution in [0.3, 0.4) is 0 Å². The van der Waals surface area contributed by atoms with Crippen molar-refractivity contribution in [2.45, 2.75) is 63.1 Å². The van der Waals surface area contributed by atoms with Crippen molar-refractivity contribution >= 4 is 22.5 Å². The van der Waals surface area contributed by atoms with Crippen molar-refractivity contribution in [2.24, 2.45) is 0 Å². The molecular weight excluding hydrogens is 575 g/mol. The molecule has 15 heteroatoms. The monoisotopic (exact) mass is 606 g/mol. The van der Waals surface area contributed by atoms with Crippen LogP contribution in [-0.4, -0.2) is 88.0 Å². The van der Waals surface area contributed by atoms with Gasteiger partial charge in [0.2, 0.25) is 5.88 Å². The first-order valence-electron chi connectivity index (χ1n) is 14.4. The molecule has 3 aromatic heterocycles. The van der Waals surface area contributed by atoms with E-state index < -0.39 is 46.8 Å². The van der Waals surface area contributed by atoms with Crippen LogP contribution in [0.25, 0.3) is 22.3 Å². The number of nitrogens with two attached hydrogens (primary N) is 1. The Bertz CT molecular complexity index is 1610. The van der Waals surface area contributed by atoms with Gasteiger partial charge in [-0.15, -0.1) is 0 Å². The zero-order valence-electron chi connectivity index (χ0n) is 23.6. The lowest BCUT2D eigenvalue weighted by Crippen LogP contribution is -2.56. The summed E-state index contributed by atoms with van der Waals surface area (Å²) in [5, 5.41) is 3.44. The van der Waals surface area contributed by atoms with Crippen LogP contribution in [0.2, 0.25) is 0 Å². The smallest absolute Gasteiger partial charge is 0.418 e. The van der Waals surface area contributed by atoms with Crippen LogP contribution in [0.5, 0.6) is 11.9 Å². The lowest BCUT2D eigenvalue weighted by molar-refractivity contribution is -0.137. The van der Waals surface area contributed by atoms with Crippen LogP contribution >= 0.6 is 0 Å². The Morgan fingerprint density at radius 2 is 2.00 bits per heavy atom. The van der Waals surface area contributed by atoms with Crippen LogP contribution < -0.4 is 25.4 Å². The zero-order chi connectivity index (χ0) is 30.3. The van der Waals surface area contributed by atoms with E-state index in [1.807, 2.05) is 11.8 Å². The second kappa shape index (κ2) is 9.97. The number of rotatable bonds is 4. The minimum absolute atomic E-state index is 0.0941. The highest BCUT2D eigenvalue weighted by molar-refractivity contribution is 5.97. The SMILES string of the molecule is Cc1cc(N)nc(-c2nc3c4c(nc(OC[C@@]56CCCN5C[C@H](F)C6)nc4c2F)N2CCNCC2C(C)O3)c1C(F)(F)F. The summed E-state index contributed by atoms with van der Waals surface area (Å²) in [6.07, 6.45) is -4.39. The summed E-state index contributed by atoms with van der Waals surface area (Å²) in [5.74, 6) is -1.15. The molecule has 3 N–H and O–H groups in total. The first-order valence-corrected chi connectivity index (χ1v) is 14.4. The van der Waals surface area contributed by atoms with Gasteiger partial charge < -0.3 is 25.4 Å². The minimum Gasteiger partial charge on any atom is -0.472 e. The van der Waals surface area contributed by atoms with Crippen LogP contribution in [-0.2, 0) is 6.18 Å². The molecule has 0 bridgehead atoms. The molecule has 230 valence electrons. The summed E-state index contributed by atoms with van der Waals surface area (Å²) in [7, 11) is 0. The molecule has 0 aromatic carbocycles. The molecule has 3 aromatic rings. The Balaban J connectivity index is 1.42. The van der Waals surface area contributed by atoms with Gasteiger partial charge in [-0.2, -0.15) is 23.1 Å². The minimum atomic E-state index is -4.87. The number of fused-ring (bicyclic) bond motifs is 3. The molecule has 4 atom stereocenters. The zero-order valence-corrected chi connectivity index (χ0v) is 23.6. The van der Waals surface area contributed by atoms with E-state index in [2.05, 4.69) is 30.2 Å². The molecule has 7 rings (SSSR count). The molecule has 0 aliphatic carbocycles. The highest BCUT2D eigenvalue weighted by atomic mass is 19.4. The number of aryl methyl sites for hydroxylation is 1. The number of nitrogens with one attached hydrogen (secondary N) is 1. The standard InChI is InChI=1S/C28H31F5N8O2/c1-13-8-17(34)36-22(19(13)28(31,32)33)23-20(30)21-18-24(41-7-5-35-10-16(41)14(2)43-25(18)37-23)39-26(38-21)42-12-27-4-3-6-40(27)11-15(29)9-27/h8,14-16,35H,3-7,9-12H2,1-2H3,(H2,34,36)/t14?,15-,16?,27+/m1/s1. The van der Waals surface area contributed by atoms with E-state index in [1.165, 1.54) is 6.92 Å². The molecule has 3 fully saturated rings. The van der Waals surface area contributed by atoms with E-state index in [1.54, 1.807) is 0 Å². The van der Waals surface area contributed by atoms with E-state index in [4.69, 9.17) is 15.2 Å². The normalized spacial score (nSPS) is 27.1. The van der Waals surface area contributed by atoms with Crippen LogP contribution in [0.15, 0.2) is 6.07 Å².